The Bertz CT molecular complexity index is 580. The molecule has 2 nitrogen and oxygen atoms in total. The third kappa shape index (κ3) is 8.42. The van der Waals surface area contributed by atoms with Crippen LogP contribution in [0.1, 0.15) is 56.6 Å². The maximum atomic E-state index is 5.89. The number of halogens is 1. The molecule has 0 aliphatic rings. The average Bonchev–Trinajstić information content (AvgIpc) is 2.64. The summed E-state index contributed by atoms with van der Waals surface area (Å²) >= 11 is 5.89. The van der Waals surface area contributed by atoms with E-state index in [9.17, 15) is 0 Å². The fourth-order valence-electron chi connectivity index (χ4n) is 2.71. The fourth-order valence-corrected chi connectivity index (χ4v) is 2.84. The molecular formula is C22H30ClNO. The van der Waals surface area contributed by atoms with Crippen LogP contribution in [0.4, 0.5) is 0 Å². The van der Waals surface area contributed by atoms with Crippen LogP contribution in [0.25, 0.3) is 0 Å². The van der Waals surface area contributed by atoms with Gasteiger partial charge in [-0.15, -0.1) is 0 Å². The highest BCUT2D eigenvalue weighted by Crippen LogP contribution is 2.15. The largest absolute Gasteiger partial charge is 0.489 e. The Kier molecular flexibility index (Phi) is 9.46. The Morgan fingerprint density at radius 1 is 0.800 bits per heavy atom. The summed E-state index contributed by atoms with van der Waals surface area (Å²) in [5.41, 5.74) is 2.42. The van der Waals surface area contributed by atoms with Crippen molar-refractivity contribution in [2.75, 3.05) is 6.54 Å². The van der Waals surface area contributed by atoms with Gasteiger partial charge in [-0.3, -0.25) is 0 Å². The van der Waals surface area contributed by atoms with Crippen molar-refractivity contribution in [3.8, 4) is 5.75 Å². The highest BCUT2D eigenvalue weighted by Gasteiger charge is 1.98. The Morgan fingerprint density at radius 3 is 2.16 bits per heavy atom. The topological polar surface area (TPSA) is 21.3 Å². The van der Waals surface area contributed by atoms with Crippen molar-refractivity contribution in [2.24, 2.45) is 0 Å². The highest BCUT2D eigenvalue weighted by molar-refractivity contribution is 6.30. The summed E-state index contributed by atoms with van der Waals surface area (Å²) in [6, 6.07) is 16.1. The lowest BCUT2D eigenvalue weighted by molar-refractivity contribution is 0.306. The van der Waals surface area contributed by atoms with E-state index in [4.69, 9.17) is 16.3 Å². The lowest BCUT2D eigenvalue weighted by Gasteiger charge is -2.08. The normalized spacial score (nSPS) is 10.8. The van der Waals surface area contributed by atoms with Gasteiger partial charge in [0.2, 0.25) is 0 Å². The molecule has 0 amide bonds. The zero-order valence-electron chi connectivity index (χ0n) is 15.3. The Hall–Kier alpha value is -1.51. The van der Waals surface area contributed by atoms with Gasteiger partial charge in [-0.25, -0.2) is 0 Å². The van der Waals surface area contributed by atoms with Gasteiger partial charge < -0.3 is 10.1 Å². The summed E-state index contributed by atoms with van der Waals surface area (Å²) < 4.78 is 5.81. The van der Waals surface area contributed by atoms with E-state index < -0.39 is 0 Å². The molecule has 2 aromatic rings. The molecule has 0 saturated carbocycles. The zero-order chi connectivity index (χ0) is 17.7. The van der Waals surface area contributed by atoms with E-state index in [0.29, 0.717) is 6.61 Å². The molecule has 0 fully saturated rings. The van der Waals surface area contributed by atoms with Crippen LogP contribution in [-0.4, -0.2) is 6.54 Å². The second-order valence-corrected chi connectivity index (χ2v) is 6.94. The van der Waals surface area contributed by atoms with E-state index in [0.717, 1.165) is 29.4 Å². The van der Waals surface area contributed by atoms with Crippen molar-refractivity contribution in [3.05, 3.63) is 64.7 Å². The van der Waals surface area contributed by atoms with Crippen LogP contribution in [-0.2, 0) is 13.2 Å². The summed E-state index contributed by atoms with van der Waals surface area (Å²) in [5, 5.41) is 4.27. The minimum absolute atomic E-state index is 0.562. The first-order valence-corrected chi connectivity index (χ1v) is 9.82. The number of rotatable bonds is 12. The van der Waals surface area contributed by atoms with Crippen LogP contribution in [0.15, 0.2) is 48.5 Å². The summed E-state index contributed by atoms with van der Waals surface area (Å²) in [6.45, 7) is 4.84. The first-order chi connectivity index (χ1) is 12.3. The molecule has 0 atom stereocenters. The first-order valence-electron chi connectivity index (χ1n) is 9.45. The summed E-state index contributed by atoms with van der Waals surface area (Å²) in [4.78, 5) is 0. The quantitative estimate of drug-likeness (QED) is 0.444. The minimum atomic E-state index is 0.562. The molecule has 1 N–H and O–H groups in total. The number of hydrogen-bond donors (Lipinski definition) is 1. The maximum absolute atomic E-state index is 5.89. The predicted octanol–water partition coefficient (Wildman–Crippen LogP) is 6.37. The molecular weight excluding hydrogens is 330 g/mol. The van der Waals surface area contributed by atoms with Crippen molar-refractivity contribution >= 4 is 11.6 Å². The van der Waals surface area contributed by atoms with Crippen molar-refractivity contribution < 1.29 is 4.74 Å². The summed E-state index contributed by atoms with van der Waals surface area (Å²) in [6.07, 6.45) is 8.05. The average molecular weight is 360 g/mol. The SMILES string of the molecule is CCCCCCCCNCc1ccc(OCc2ccc(Cl)cc2)cc1. The van der Waals surface area contributed by atoms with Gasteiger partial charge in [-0.1, -0.05) is 74.9 Å². The second kappa shape index (κ2) is 11.9. The molecule has 0 aromatic heterocycles. The fraction of sp³-hybridized carbons (Fsp3) is 0.455. The number of unbranched alkanes of at least 4 members (excludes halogenated alkanes) is 5. The van der Waals surface area contributed by atoms with Crippen LogP contribution >= 0.6 is 11.6 Å². The van der Waals surface area contributed by atoms with Gasteiger partial charge in [-0.2, -0.15) is 0 Å². The standard InChI is InChI=1S/C22H30ClNO/c1-2-3-4-5-6-7-16-24-17-19-10-14-22(15-11-19)25-18-20-8-12-21(23)13-9-20/h8-15,24H,2-7,16-18H2,1H3. The molecule has 0 aliphatic heterocycles. The molecule has 2 aromatic carbocycles. The minimum Gasteiger partial charge on any atom is -0.489 e. The molecule has 0 radical (unpaired) electrons. The molecule has 25 heavy (non-hydrogen) atoms. The smallest absolute Gasteiger partial charge is 0.119 e. The van der Waals surface area contributed by atoms with E-state index in [1.54, 1.807) is 0 Å². The van der Waals surface area contributed by atoms with Crippen molar-refractivity contribution in [1.29, 1.82) is 0 Å². The molecule has 0 bridgehead atoms. The Morgan fingerprint density at radius 2 is 1.44 bits per heavy atom. The molecule has 136 valence electrons. The third-order valence-corrected chi connectivity index (χ3v) is 4.53. The van der Waals surface area contributed by atoms with Gasteiger partial charge in [-0.05, 0) is 48.4 Å². The lowest BCUT2D eigenvalue weighted by Crippen LogP contribution is -2.14. The van der Waals surface area contributed by atoms with Crippen molar-refractivity contribution in [3.63, 3.8) is 0 Å². The predicted molar refractivity (Wildman–Crippen MR) is 107 cm³/mol. The molecule has 0 heterocycles. The first kappa shape index (κ1) is 19.8. The maximum Gasteiger partial charge on any atom is 0.119 e. The van der Waals surface area contributed by atoms with Crippen molar-refractivity contribution in [2.45, 2.75) is 58.6 Å². The van der Waals surface area contributed by atoms with Crippen LogP contribution < -0.4 is 10.1 Å². The zero-order valence-corrected chi connectivity index (χ0v) is 16.0. The molecule has 0 spiro atoms. The van der Waals surface area contributed by atoms with Gasteiger partial charge in [0.1, 0.15) is 12.4 Å². The van der Waals surface area contributed by atoms with Gasteiger partial charge in [0.25, 0.3) is 0 Å². The van der Waals surface area contributed by atoms with E-state index in [1.807, 2.05) is 36.4 Å². The van der Waals surface area contributed by atoms with E-state index in [1.165, 1.54) is 44.1 Å². The Balaban J connectivity index is 1.60. The van der Waals surface area contributed by atoms with Crippen LogP contribution in [0.5, 0.6) is 5.75 Å². The molecule has 0 unspecified atom stereocenters. The number of nitrogens with one attached hydrogen (secondary N) is 1. The van der Waals surface area contributed by atoms with Gasteiger partial charge in [0.15, 0.2) is 0 Å². The molecule has 0 saturated heterocycles. The molecule has 2 rings (SSSR count). The van der Waals surface area contributed by atoms with Gasteiger partial charge >= 0.3 is 0 Å². The number of ether oxygens (including phenoxy) is 1. The summed E-state index contributed by atoms with van der Waals surface area (Å²) in [7, 11) is 0. The monoisotopic (exact) mass is 359 g/mol. The Labute approximate surface area is 157 Å². The lowest BCUT2D eigenvalue weighted by atomic mass is 10.1. The molecule has 0 aliphatic carbocycles. The number of hydrogen-bond acceptors (Lipinski definition) is 2. The van der Waals surface area contributed by atoms with Gasteiger partial charge in [0, 0.05) is 11.6 Å². The van der Waals surface area contributed by atoms with E-state index in [2.05, 4.69) is 24.4 Å². The second-order valence-electron chi connectivity index (χ2n) is 6.50. The number of benzene rings is 2. The van der Waals surface area contributed by atoms with Crippen LogP contribution in [0.2, 0.25) is 5.02 Å². The highest BCUT2D eigenvalue weighted by atomic mass is 35.5. The van der Waals surface area contributed by atoms with E-state index >= 15 is 0 Å². The molecule has 3 heteroatoms. The van der Waals surface area contributed by atoms with E-state index in [-0.39, 0.29) is 0 Å². The summed E-state index contributed by atoms with van der Waals surface area (Å²) in [5.74, 6) is 0.898. The van der Waals surface area contributed by atoms with Crippen molar-refractivity contribution in [1.82, 2.24) is 5.32 Å². The third-order valence-electron chi connectivity index (χ3n) is 4.28. The van der Waals surface area contributed by atoms with Gasteiger partial charge in [0.05, 0.1) is 0 Å². The van der Waals surface area contributed by atoms with Crippen LogP contribution in [0, 0.1) is 0 Å². The van der Waals surface area contributed by atoms with Crippen LogP contribution in [0.3, 0.4) is 0 Å².